The number of carbonyl (C=O) groups is 1. The lowest BCUT2D eigenvalue weighted by molar-refractivity contribution is -0.112. The molecule has 4 rings (SSSR count). The van der Waals surface area contributed by atoms with Crippen LogP contribution in [0.2, 0.25) is 5.02 Å². The number of para-hydroxylation sites is 1. The molecule has 4 aromatic rings. The SMILES string of the molecule is CCOc1cccc(NC(=O)/C(C#N)=C/c2c(C)n(Cc3ccc(Cl)cc3)c3ccccc23)c1. The van der Waals surface area contributed by atoms with Gasteiger partial charge < -0.3 is 14.6 Å². The fourth-order valence-corrected chi connectivity index (χ4v) is 4.06. The highest BCUT2D eigenvalue weighted by molar-refractivity contribution is 6.30. The Hall–Kier alpha value is -4.01. The van der Waals surface area contributed by atoms with Crippen LogP contribution in [-0.4, -0.2) is 17.1 Å². The fraction of sp³-hybridized carbons (Fsp3) is 0.143. The van der Waals surface area contributed by atoms with Gasteiger partial charge in [-0.3, -0.25) is 4.79 Å². The van der Waals surface area contributed by atoms with Crippen molar-refractivity contribution in [1.82, 2.24) is 4.57 Å². The predicted octanol–water partition coefficient (Wildman–Crippen LogP) is 6.60. The van der Waals surface area contributed by atoms with Crippen LogP contribution in [0.5, 0.6) is 5.75 Å². The standard InChI is InChI=1S/C28H24ClN3O2/c1-3-34-24-8-6-7-23(16-24)31-28(33)21(17-30)15-26-19(2)32(27-10-5-4-9-25(26)27)18-20-11-13-22(29)14-12-20/h4-16H,3,18H2,1-2H3,(H,31,33)/b21-15+. The van der Waals surface area contributed by atoms with Gasteiger partial charge in [-0.15, -0.1) is 0 Å². The van der Waals surface area contributed by atoms with Crippen molar-refractivity contribution in [2.24, 2.45) is 0 Å². The van der Waals surface area contributed by atoms with E-state index in [2.05, 4.69) is 16.0 Å². The van der Waals surface area contributed by atoms with Gasteiger partial charge in [-0.25, -0.2) is 0 Å². The zero-order valence-corrected chi connectivity index (χ0v) is 19.8. The summed E-state index contributed by atoms with van der Waals surface area (Å²) in [7, 11) is 0. The number of ether oxygens (including phenoxy) is 1. The van der Waals surface area contributed by atoms with Crippen LogP contribution in [0.4, 0.5) is 5.69 Å². The molecule has 0 unspecified atom stereocenters. The average molecular weight is 470 g/mol. The fourth-order valence-electron chi connectivity index (χ4n) is 3.94. The summed E-state index contributed by atoms with van der Waals surface area (Å²) in [4.78, 5) is 12.9. The molecule has 3 aromatic carbocycles. The zero-order chi connectivity index (χ0) is 24.1. The van der Waals surface area contributed by atoms with Crippen molar-refractivity contribution in [2.75, 3.05) is 11.9 Å². The molecule has 6 heteroatoms. The van der Waals surface area contributed by atoms with E-state index in [1.54, 1.807) is 24.3 Å². The Morgan fingerprint density at radius 3 is 2.62 bits per heavy atom. The number of anilines is 1. The summed E-state index contributed by atoms with van der Waals surface area (Å²) in [5.41, 5.74) is 4.55. The van der Waals surface area contributed by atoms with Crippen molar-refractivity contribution in [3.05, 3.63) is 100 Å². The molecule has 1 amide bonds. The maximum atomic E-state index is 12.9. The average Bonchev–Trinajstić information content (AvgIpc) is 3.10. The lowest BCUT2D eigenvalue weighted by atomic mass is 10.1. The number of nitriles is 1. The number of aromatic nitrogens is 1. The second-order valence-electron chi connectivity index (χ2n) is 7.81. The Morgan fingerprint density at radius 1 is 1.12 bits per heavy atom. The number of hydrogen-bond donors (Lipinski definition) is 1. The summed E-state index contributed by atoms with van der Waals surface area (Å²) in [6.45, 7) is 5.07. The molecule has 170 valence electrons. The highest BCUT2D eigenvalue weighted by Crippen LogP contribution is 2.29. The molecule has 34 heavy (non-hydrogen) atoms. The van der Waals surface area contributed by atoms with Crippen LogP contribution in [-0.2, 0) is 11.3 Å². The number of halogens is 1. The van der Waals surface area contributed by atoms with E-state index in [0.717, 1.165) is 27.7 Å². The van der Waals surface area contributed by atoms with Crippen molar-refractivity contribution in [1.29, 1.82) is 5.26 Å². The highest BCUT2D eigenvalue weighted by Gasteiger charge is 2.16. The molecule has 0 saturated carbocycles. The van der Waals surface area contributed by atoms with Gasteiger partial charge in [-0.1, -0.05) is 48.0 Å². The van der Waals surface area contributed by atoms with Crippen molar-refractivity contribution in [3.63, 3.8) is 0 Å². The summed E-state index contributed by atoms with van der Waals surface area (Å²) < 4.78 is 7.67. The quantitative estimate of drug-likeness (QED) is 0.245. The summed E-state index contributed by atoms with van der Waals surface area (Å²) >= 11 is 6.04. The van der Waals surface area contributed by atoms with Gasteiger partial charge in [0, 0.05) is 45.5 Å². The minimum Gasteiger partial charge on any atom is -0.494 e. The lowest BCUT2D eigenvalue weighted by Gasteiger charge is -2.09. The Bertz CT molecular complexity index is 1410. The van der Waals surface area contributed by atoms with Gasteiger partial charge in [0.1, 0.15) is 17.4 Å². The van der Waals surface area contributed by atoms with E-state index in [9.17, 15) is 10.1 Å². The molecule has 1 N–H and O–H groups in total. The molecule has 0 spiro atoms. The third kappa shape index (κ3) is 4.98. The minimum absolute atomic E-state index is 0.0271. The summed E-state index contributed by atoms with van der Waals surface area (Å²) in [6.07, 6.45) is 1.66. The van der Waals surface area contributed by atoms with Crippen LogP contribution in [0, 0.1) is 18.3 Å². The first kappa shape index (κ1) is 23.2. The van der Waals surface area contributed by atoms with Crippen LogP contribution in [0.1, 0.15) is 23.7 Å². The van der Waals surface area contributed by atoms with Gasteiger partial charge in [-0.2, -0.15) is 5.26 Å². The lowest BCUT2D eigenvalue weighted by Crippen LogP contribution is -2.13. The summed E-state index contributed by atoms with van der Waals surface area (Å²) in [5.74, 6) is 0.189. The number of rotatable bonds is 7. The highest BCUT2D eigenvalue weighted by atomic mass is 35.5. The molecular formula is C28H24ClN3O2. The van der Waals surface area contributed by atoms with Crippen molar-refractivity contribution in [3.8, 4) is 11.8 Å². The van der Waals surface area contributed by atoms with Crippen LogP contribution in [0.15, 0.2) is 78.4 Å². The van der Waals surface area contributed by atoms with Crippen LogP contribution in [0.3, 0.4) is 0 Å². The van der Waals surface area contributed by atoms with E-state index in [1.165, 1.54) is 0 Å². The second-order valence-corrected chi connectivity index (χ2v) is 8.25. The smallest absolute Gasteiger partial charge is 0.266 e. The van der Waals surface area contributed by atoms with Gasteiger partial charge in [0.2, 0.25) is 0 Å². The molecule has 0 aliphatic heterocycles. The molecule has 0 radical (unpaired) electrons. The molecule has 0 aliphatic rings. The molecule has 0 fully saturated rings. The molecule has 0 bridgehead atoms. The number of carbonyl (C=O) groups excluding carboxylic acids is 1. The molecule has 5 nitrogen and oxygen atoms in total. The van der Waals surface area contributed by atoms with Gasteiger partial charge in [0.15, 0.2) is 0 Å². The number of hydrogen-bond acceptors (Lipinski definition) is 3. The second kappa shape index (κ2) is 10.3. The first-order chi connectivity index (χ1) is 16.5. The van der Waals surface area contributed by atoms with Crippen LogP contribution >= 0.6 is 11.6 Å². The Labute approximate surface area is 203 Å². The Morgan fingerprint density at radius 2 is 1.88 bits per heavy atom. The van der Waals surface area contributed by atoms with Gasteiger partial charge in [-0.05, 0) is 55.8 Å². The number of benzene rings is 3. The number of amides is 1. The minimum atomic E-state index is -0.468. The number of fused-ring (bicyclic) bond motifs is 1. The Kier molecular flexibility index (Phi) is 7.01. The van der Waals surface area contributed by atoms with Crippen molar-refractivity contribution < 1.29 is 9.53 Å². The third-order valence-corrected chi connectivity index (χ3v) is 5.84. The topological polar surface area (TPSA) is 67.0 Å². The van der Waals surface area contributed by atoms with E-state index in [1.807, 2.05) is 68.4 Å². The van der Waals surface area contributed by atoms with Gasteiger partial charge in [0.05, 0.1) is 6.61 Å². The van der Waals surface area contributed by atoms with E-state index >= 15 is 0 Å². The summed E-state index contributed by atoms with van der Waals surface area (Å²) in [6, 6.07) is 24.9. The largest absolute Gasteiger partial charge is 0.494 e. The zero-order valence-electron chi connectivity index (χ0n) is 19.0. The van der Waals surface area contributed by atoms with Crippen molar-refractivity contribution in [2.45, 2.75) is 20.4 Å². The molecular weight excluding hydrogens is 446 g/mol. The normalized spacial score (nSPS) is 11.3. The maximum absolute atomic E-state index is 12.9. The number of nitrogens with zero attached hydrogens (tertiary/aromatic N) is 2. The van der Waals surface area contributed by atoms with Crippen LogP contribution in [0.25, 0.3) is 17.0 Å². The maximum Gasteiger partial charge on any atom is 0.266 e. The monoisotopic (exact) mass is 469 g/mol. The molecule has 0 aliphatic carbocycles. The van der Waals surface area contributed by atoms with E-state index in [-0.39, 0.29) is 5.57 Å². The summed E-state index contributed by atoms with van der Waals surface area (Å²) in [5, 5.41) is 14.3. The predicted molar refractivity (Wildman–Crippen MR) is 137 cm³/mol. The van der Waals surface area contributed by atoms with E-state index < -0.39 is 5.91 Å². The van der Waals surface area contributed by atoms with Gasteiger partial charge >= 0.3 is 0 Å². The molecule has 1 heterocycles. The molecule has 0 atom stereocenters. The molecule has 1 aromatic heterocycles. The van der Waals surface area contributed by atoms with Crippen molar-refractivity contribution >= 4 is 40.2 Å². The molecule has 0 saturated heterocycles. The van der Waals surface area contributed by atoms with Crippen LogP contribution < -0.4 is 10.1 Å². The third-order valence-electron chi connectivity index (χ3n) is 5.59. The van der Waals surface area contributed by atoms with E-state index in [0.29, 0.717) is 29.6 Å². The Balaban J connectivity index is 1.69. The first-order valence-electron chi connectivity index (χ1n) is 11.0. The first-order valence-corrected chi connectivity index (χ1v) is 11.4. The van der Waals surface area contributed by atoms with Gasteiger partial charge in [0.25, 0.3) is 5.91 Å². The van der Waals surface area contributed by atoms with E-state index in [4.69, 9.17) is 16.3 Å². The number of nitrogens with one attached hydrogen (secondary N) is 1.